The second kappa shape index (κ2) is 4.09. The van der Waals surface area contributed by atoms with E-state index in [1.54, 1.807) is 12.1 Å². The third-order valence-corrected chi connectivity index (χ3v) is 2.88. The van der Waals surface area contributed by atoms with Crippen molar-refractivity contribution in [1.82, 2.24) is 5.32 Å². The van der Waals surface area contributed by atoms with Gasteiger partial charge in [0.1, 0.15) is 5.82 Å². The maximum Gasteiger partial charge on any atom is 0.123 e. The average Bonchev–Trinajstić information content (AvgIpc) is 2.95. The molecule has 76 valence electrons. The number of hydrogen-bond donors (Lipinski definition) is 1. The van der Waals surface area contributed by atoms with Crippen LogP contribution in [0.2, 0.25) is 0 Å². The first kappa shape index (κ1) is 9.66. The van der Waals surface area contributed by atoms with Crippen LogP contribution in [0.3, 0.4) is 0 Å². The Morgan fingerprint density at radius 1 is 1.36 bits per heavy atom. The monoisotopic (exact) mass is 193 g/mol. The molecular formula is C12H16FN. The Bertz CT molecular complexity index is 294. The Morgan fingerprint density at radius 3 is 2.71 bits per heavy atom. The topological polar surface area (TPSA) is 12.0 Å². The predicted octanol–water partition coefficient (Wildman–Crippen LogP) is 2.54. The van der Waals surface area contributed by atoms with E-state index in [9.17, 15) is 4.39 Å². The Morgan fingerprint density at radius 2 is 2.07 bits per heavy atom. The quantitative estimate of drug-likeness (QED) is 0.774. The molecule has 0 saturated heterocycles. The first-order valence-corrected chi connectivity index (χ1v) is 5.27. The van der Waals surface area contributed by atoms with Gasteiger partial charge >= 0.3 is 0 Å². The number of nitrogens with one attached hydrogen (secondary N) is 1. The highest BCUT2D eigenvalue weighted by Crippen LogP contribution is 2.46. The van der Waals surface area contributed by atoms with Crippen LogP contribution in [0.5, 0.6) is 0 Å². The third kappa shape index (κ3) is 2.13. The van der Waals surface area contributed by atoms with Gasteiger partial charge in [-0.3, -0.25) is 0 Å². The summed E-state index contributed by atoms with van der Waals surface area (Å²) >= 11 is 0. The zero-order valence-corrected chi connectivity index (χ0v) is 8.46. The highest BCUT2D eigenvalue weighted by atomic mass is 19.1. The molecule has 1 saturated carbocycles. The molecule has 1 aromatic rings. The molecule has 0 spiro atoms. The lowest BCUT2D eigenvalue weighted by molar-refractivity contribution is 0.625. The molecule has 1 N–H and O–H groups in total. The van der Waals surface area contributed by atoms with Crippen LogP contribution in [0, 0.1) is 11.7 Å². The van der Waals surface area contributed by atoms with E-state index < -0.39 is 0 Å². The molecule has 1 fully saturated rings. The molecule has 0 radical (unpaired) electrons. The second-order valence-corrected chi connectivity index (χ2v) is 3.96. The SMILES string of the molecule is CCNCC1CC1c1ccc(F)cc1. The normalized spacial score (nSPS) is 25.0. The standard InChI is InChI=1S/C12H16FN/c1-2-14-8-10-7-12(10)9-3-5-11(13)6-4-9/h3-6,10,12,14H,2,7-8H2,1H3. The Balaban J connectivity index is 1.89. The summed E-state index contributed by atoms with van der Waals surface area (Å²) in [5, 5.41) is 3.35. The molecule has 14 heavy (non-hydrogen) atoms. The van der Waals surface area contributed by atoms with Crippen LogP contribution >= 0.6 is 0 Å². The minimum absolute atomic E-state index is 0.141. The smallest absolute Gasteiger partial charge is 0.123 e. The van der Waals surface area contributed by atoms with Crippen LogP contribution in [0.4, 0.5) is 4.39 Å². The van der Waals surface area contributed by atoms with Crippen molar-refractivity contribution in [2.75, 3.05) is 13.1 Å². The van der Waals surface area contributed by atoms with Gasteiger partial charge in [0.2, 0.25) is 0 Å². The molecule has 0 heterocycles. The molecule has 2 unspecified atom stereocenters. The number of halogens is 1. The van der Waals surface area contributed by atoms with Gasteiger partial charge in [0.15, 0.2) is 0 Å². The van der Waals surface area contributed by atoms with Crippen LogP contribution in [-0.2, 0) is 0 Å². The van der Waals surface area contributed by atoms with Crippen molar-refractivity contribution in [2.24, 2.45) is 5.92 Å². The van der Waals surface area contributed by atoms with Crippen LogP contribution in [0.25, 0.3) is 0 Å². The van der Waals surface area contributed by atoms with E-state index in [2.05, 4.69) is 12.2 Å². The molecule has 1 nitrogen and oxygen atoms in total. The Kier molecular flexibility index (Phi) is 2.82. The van der Waals surface area contributed by atoms with Gasteiger partial charge in [-0.1, -0.05) is 19.1 Å². The van der Waals surface area contributed by atoms with E-state index in [0.717, 1.165) is 19.0 Å². The number of benzene rings is 1. The van der Waals surface area contributed by atoms with Crippen LogP contribution in [0.15, 0.2) is 24.3 Å². The van der Waals surface area contributed by atoms with E-state index in [-0.39, 0.29) is 5.82 Å². The lowest BCUT2D eigenvalue weighted by Gasteiger charge is -2.01. The van der Waals surface area contributed by atoms with Gasteiger partial charge < -0.3 is 5.32 Å². The minimum atomic E-state index is -0.141. The van der Waals surface area contributed by atoms with Gasteiger partial charge in [-0.15, -0.1) is 0 Å². The second-order valence-electron chi connectivity index (χ2n) is 3.96. The Hall–Kier alpha value is -0.890. The van der Waals surface area contributed by atoms with Crippen molar-refractivity contribution in [1.29, 1.82) is 0 Å². The third-order valence-electron chi connectivity index (χ3n) is 2.88. The van der Waals surface area contributed by atoms with E-state index in [1.807, 2.05) is 12.1 Å². The maximum absolute atomic E-state index is 12.7. The van der Waals surface area contributed by atoms with Gasteiger partial charge in [0.25, 0.3) is 0 Å². The number of rotatable bonds is 4. The molecule has 1 aliphatic carbocycles. The van der Waals surface area contributed by atoms with Gasteiger partial charge in [-0.2, -0.15) is 0 Å². The highest BCUT2D eigenvalue weighted by Gasteiger charge is 2.37. The summed E-state index contributed by atoms with van der Waals surface area (Å²) in [5.41, 5.74) is 1.29. The minimum Gasteiger partial charge on any atom is -0.317 e. The van der Waals surface area contributed by atoms with Gasteiger partial charge in [-0.05, 0) is 49.0 Å². The van der Waals surface area contributed by atoms with E-state index in [1.165, 1.54) is 12.0 Å². The van der Waals surface area contributed by atoms with Gasteiger partial charge in [-0.25, -0.2) is 4.39 Å². The van der Waals surface area contributed by atoms with Gasteiger partial charge in [0, 0.05) is 0 Å². The zero-order chi connectivity index (χ0) is 9.97. The van der Waals surface area contributed by atoms with Crippen molar-refractivity contribution in [3.8, 4) is 0 Å². The largest absolute Gasteiger partial charge is 0.317 e. The number of hydrogen-bond acceptors (Lipinski definition) is 1. The van der Waals surface area contributed by atoms with Gasteiger partial charge in [0.05, 0.1) is 0 Å². The first-order chi connectivity index (χ1) is 6.81. The summed E-state index contributed by atoms with van der Waals surface area (Å²) in [6.07, 6.45) is 1.25. The lowest BCUT2D eigenvalue weighted by Crippen LogP contribution is -2.16. The summed E-state index contributed by atoms with van der Waals surface area (Å²) < 4.78 is 12.7. The molecule has 2 rings (SSSR count). The molecule has 1 aromatic carbocycles. The van der Waals surface area contributed by atoms with Crippen LogP contribution < -0.4 is 5.32 Å². The molecule has 1 aliphatic rings. The summed E-state index contributed by atoms with van der Waals surface area (Å²) in [7, 11) is 0. The van der Waals surface area contributed by atoms with Crippen molar-refractivity contribution in [2.45, 2.75) is 19.3 Å². The van der Waals surface area contributed by atoms with Crippen molar-refractivity contribution in [3.63, 3.8) is 0 Å². The highest BCUT2D eigenvalue weighted by molar-refractivity contribution is 5.26. The molecule has 0 aromatic heterocycles. The molecule has 0 amide bonds. The summed E-state index contributed by atoms with van der Waals surface area (Å²) in [5.74, 6) is 1.28. The van der Waals surface area contributed by atoms with Crippen LogP contribution in [0.1, 0.15) is 24.8 Å². The predicted molar refractivity (Wildman–Crippen MR) is 55.8 cm³/mol. The van der Waals surface area contributed by atoms with Crippen molar-refractivity contribution >= 4 is 0 Å². The van der Waals surface area contributed by atoms with E-state index >= 15 is 0 Å². The fourth-order valence-electron chi connectivity index (χ4n) is 1.92. The zero-order valence-electron chi connectivity index (χ0n) is 8.46. The lowest BCUT2D eigenvalue weighted by atomic mass is 10.1. The fraction of sp³-hybridized carbons (Fsp3) is 0.500. The molecule has 2 heteroatoms. The van der Waals surface area contributed by atoms with Crippen molar-refractivity contribution in [3.05, 3.63) is 35.6 Å². The fourth-order valence-corrected chi connectivity index (χ4v) is 1.92. The summed E-state index contributed by atoms with van der Waals surface area (Å²) in [6.45, 7) is 4.25. The first-order valence-electron chi connectivity index (χ1n) is 5.27. The Labute approximate surface area is 84.3 Å². The van der Waals surface area contributed by atoms with Crippen LogP contribution in [-0.4, -0.2) is 13.1 Å². The van der Waals surface area contributed by atoms with E-state index in [4.69, 9.17) is 0 Å². The summed E-state index contributed by atoms with van der Waals surface area (Å²) in [4.78, 5) is 0. The molecular weight excluding hydrogens is 177 g/mol. The average molecular weight is 193 g/mol. The molecule has 0 aliphatic heterocycles. The summed E-state index contributed by atoms with van der Waals surface area (Å²) in [6, 6.07) is 6.92. The van der Waals surface area contributed by atoms with E-state index in [0.29, 0.717) is 5.92 Å². The van der Waals surface area contributed by atoms with Crippen molar-refractivity contribution < 1.29 is 4.39 Å². The maximum atomic E-state index is 12.7. The molecule has 2 atom stereocenters. The molecule has 0 bridgehead atoms.